The second-order valence-electron chi connectivity index (χ2n) is 11.8. The summed E-state index contributed by atoms with van der Waals surface area (Å²) in [5.74, 6) is -2.12. The lowest BCUT2D eigenvalue weighted by Crippen LogP contribution is -2.58. The first-order valence-electron chi connectivity index (χ1n) is 15.2. The van der Waals surface area contributed by atoms with Crippen molar-refractivity contribution in [1.29, 1.82) is 0 Å². The van der Waals surface area contributed by atoms with Crippen LogP contribution in [0.5, 0.6) is 0 Å². The predicted molar refractivity (Wildman–Crippen MR) is 165 cm³/mol. The molecule has 2 unspecified atom stereocenters. The van der Waals surface area contributed by atoms with Crippen LogP contribution in [0, 0.1) is 17.8 Å². The van der Waals surface area contributed by atoms with Crippen LogP contribution in [0.4, 0.5) is 11.4 Å². The van der Waals surface area contributed by atoms with Crippen LogP contribution < -0.4 is 9.80 Å². The Kier molecular flexibility index (Phi) is 9.48. The molecule has 2 bridgehead atoms. The zero-order chi connectivity index (χ0) is 30.1. The molecule has 3 saturated heterocycles. The van der Waals surface area contributed by atoms with Crippen LogP contribution in [0.3, 0.4) is 0 Å². The lowest BCUT2D eigenvalue weighted by atomic mass is 9.66. The van der Waals surface area contributed by atoms with Crippen LogP contribution in [0.1, 0.15) is 60.8 Å². The van der Waals surface area contributed by atoms with Gasteiger partial charge in [-0.1, -0.05) is 26.3 Å². The van der Waals surface area contributed by atoms with Gasteiger partial charge in [0.1, 0.15) is 6.04 Å². The standard InChI is InChI=1S/C32H47N3O5S/c1-8-19-34(23-15-13-22(14-16-23)33(10-3)11-4)29(38)27-32-18-17-31(7,41-32)26(30(39)40-12-5)25(32)28(37)35(27)24(20-36)21(6)9-2/h8,13-16,21,24-27,36H,1,9-12,17-20H2,2-7H3/t21-,24-,25-,26+,27?,31-,32?/m0/s1. The number of nitrogens with zero attached hydrogens (tertiary/aromatic N) is 3. The Morgan fingerprint density at radius 2 is 1.80 bits per heavy atom. The number of carbonyl (C=O) groups is 3. The molecule has 7 atom stereocenters. The Bertz CT molecular complexity index is 1140. The maximum absolute atomic E-state index is 14.8. The van der Waals surface area contributed by atoms with Crippen molar-refractivity contribution < 1.29 is 24.2 Å². The smallest absolute Gasteiger partial charge is 0.311 e. The van der Waals surface area contributed by atoms with E-state index in [-0.39, 0.29) is 43.5 Å². The number of fused-ring (bicyclic) bond motifs is 1. The number of anilines is 2. The molecule has 3 fully saturated rings. The van der Waals surface area contributed by atoms with E-state index in [1.807, 2.05) is 45.0 Å². The summed E-state index contributed by atoms with van der Waals surface area (Å²) in [5, 5.41) is 10.6. The molecule has 1 aromatic rings. The van der Waals surface area contributed by atoms with Crippen molar-refractivity contribution in [1.82, 2.24) is 4.90 Å². The molecule has 1 aromatic carbocycles. The molecule has 0 aromatic heterocycles. The lowest BCUT2D eigenvalue weighted by molar-refractivity contribution is -0.155. The van der Waals surface area contributed by atoms with Crippen molar-refractivity contribution in [3.63, 3.8) is 0 Å². The number of amides is 2. The second kappa shape index (κ2) is 12.4. The average molecular weight is 586 g/mol. The van der Waals surface area contributed by atoms with Gasteiger partial charge in [0.05, 0.1) is 35.8 Å². The summed E-state index contributed by atoms with van der Waals surface area (Å²) in [7, 11) is 0. The van der Waals surface area contributed by atoms with E-state index in [0.717, 1.165) is 37.3 Å². The maximum Gasteiger partial charge on any atom is 0.311 e. The summed E-state index contributed by atoms with van der Waals surface area (Å²) in [5.41, 5.74) is 1.81. The van der Waals surface area contributed by atoms with E-state index in [2.05, 4.69) is 25.3 Å². The van der Waals surface area contributed by atoms with E-state index >= 15 is 0 Å². The highest BCUT2D eigenvalue weighted by atomic mass is 32.2. The van der Waals surface area contributed by atoms with Crippen molar-refractivity contribution in [2.75, 3.05) is 42.6 Å². The first-order valence-corrected chi connectivity index (χ1v) is 16.0. The van der Waals surface area contributed by atoms with E-state index in [1.165, 1.54) is 0 Å². The number of thioether (sulfide) groups is 1. The molecular formula is C32H47N3O5S. The quantitative estimate of drug-likeness (QED) is 0.269. The summed E-state index contributed by atoms with van der Waals surface area (Å²) < 4.78 is 4.24. The van der Waals surface area contributed by atoms with Gasteiger partial charge >= 0.3 is 5.97 Å². The van der Waals surface area contributed by atoms with Crippen LogP contribution in [0.2, 0.25) is 0 Å². The number of rotatable bonds is 13. The highest BCUT2D eigenvalue weighted by Gasteiger charge is 2.78. The Hall–Kier alpha value is -2.52. The van der Waals surface area contributed by atoms with Gasteiger partial charge in [-0.05, 0) is 70.7 Å². The predicted octanol–water partition coefficient (Wildman–Crippen LogP) is 4.50. The Labute approximate surface area is 249 Å². The second-order valence-corrected chi connectivity index (χ2v) is 13.7. The largest absolute Gasteiger partial charge is 0.466 e. The van der Waals surface area contributed by atoms with E-state index in [4.69, 9.17) is 4.74 Å². The third kappa shape index (κ3) is 5.07. The molecule has 4 rings (SSSR count). The van der Waals surface area contributed by atoms with Crippen molar-refractivity contribution in [2.45, 2.75) is 82.4 Å². The number of esters is 1. The van der Waals surface area contributed by atoms with Gasteiger partial charge in [0, 0.05) is 35.8 Å². The number of carbonyl (C=O) groups excluding carboxylic acids is 3. The fourth-order valence-electron chi connectivity index (χ4n) is 7.44. The molecule has 226 valence electrons. The molecule has 3 aliphatic heterocycles. The van der Waals surface area contributed by atoms with Gasteiger partial charge in [0.25, 0.3) is 5.91 Å². The minimum atomic E-state index is -0.820. The van der Waals surface area contributed by atoms with Gasteiger partial charge in [0.15, 0.2) is 0 Å². The van der Waals surface area contributed by atoms with Crippen LogP contribution >= 0.6 is 11.8 Å². The van der Waals surface area contributed by atoms with Crippen LogP contribution in [0.25, 0.3) is 0 Å². The number of aliphatic hydroxyl groups is 1. The van der Waals surface area contributed by atoms with Crippen LogP contribution in [-0.2, 0) is 19.1 Å². The molecule has 1 spiro atoms. The topological polar surface area (TPSA) is 90.4 Å². The van der Waals surface area contributed by atoms with Gasteiger partial charge in [-0.25, -0.2) is 0 Å². The Morgan fingerprint density at radius 3 is 2.34 bits per heavy atom. The molecule has 3 heterocycles. The van der Waals surface area contributed by atoms with Gasteiger partial charge in [0.2, 0.25) is 5.91 Å². The van der Waals surface area contributed by atoms with Crippen molar-refractivity contribution in [3.05, 3.63) is 36.9 Å². The highest BCUT2D eigenvalue weighted by molar-refractivity contribution is 8.02. The molecule has 3 aliphatic rings. The molecule has 1 N–H and O–H groups in total. The summed E-state index contributed by atoms with van der Waals surface area (Å²) >= 11 is 1.62. The molecular weight excluding hydrogens is 538 g/mol. The SMILES string of the molecule is C=CCN(C(=O)C1N([C@@H](CO)[C@@H](C)CC)C(=O)[C@@H]2[C@H](C(=O)OCC)[C@]3(C)CCC12S3)c1ccc(N(CC)CC)cc1. The van der Waals surface area contributed by atoms with Crippen molar-refractivity contribution in [2.24, 2.45) is 17.8 Å². The van der Waals surface area contributed by atoms with Gasteiger partial charge < -0.3 is 24.5 Å². The van der Waals surface area contributed by atoms with Gasteiger partial charge in [-0.2, -0.15) is 0 Å². The summed E-state index contributed by atoms with van der Waals surface area (Å²) in [6, 6.07) is 6.59. The number of aliphatic hydroxyl groups excluding tert-OH is 1. The zero-order valence-electron chi connectivity index (χ0n) is 25.5. The van der Waals surface area contributed by atoms with Gasteiger partial charge in [-0.3, -0.25) is 14.4 Å². The van der Waals surface area contributed by atoms with Crippen LogP contribution in [-0.4, -0.2) is 82.2 Å². The molecule has 0 saturated carbocycles. The number of hydrogen-bond donors (Lipinski definition) is 1. The lowest BCUT2D eigenvalue weighted by Gasteiger charge is -2.41. The molecule has 0 radical (unpaired) electrons. The monoisotopic (exact) mass is 585 g/mol. The average Bonchev–Trinajstić information content (AvgIpc) is 3.54. The first-order chi connectivity index (χ1) is 19.6. The minimum absolute atomic E-state index is 0.0329. The molecule has 2 amide bonds. The molecule has 0 aliphatic carbocycles. The van der Waals surface area contributed by atoms with E-state index < -0.39 is 33.4 Å². The van der Waals surface area contributed by atoms with E-state index in [9.17, 15) is 19.5 Å². The summed E-state index contributed by atoms with van der Waals surface area (Å²) in [6.07, 6.45) is 3.81. The zero-order valence-corrected chi connectivity index (χ0v) is 26.3. The third-order valence-corrected chi connectivity index (χ3v) is 11.7. The van der Waals surface area contributed by atoms with Crippen molar-refractivity contribution in [3.8, 4) is 0 Å². The number of ether oxygens (including phenoxy) is 1. The maximum atomic E-state index is 14.8. The Balaban J connectivity index is 1.82. The molecule has 8 nitrogen and oxygen atoms in total. The fraction of sp³-hybridized carbons (Fsp3) is 0.656. The Morgan fingerprint density at radius 1 is 1.17 bits per heavy atom. The summed E-state index contributed by atoms with van der Waals surface area (Å²) in [4.78, 5) is 48.3. The third-order valence-electron chi connectivity index (χ3n) is 9.70. The molecule has 9 heteroatoms. The number of benzene rings is 1. The number of hydrogen-bond acceptors (Lipinski definition) is 7. The highest BCUT2D eigenvalue weighted by Crippen LogP contribution is 2.72. The molecule has 41 heavy (non-hydrogen) atoms. The van der Waals surface area contributed by atoms with E-state index in [1.54, 1.807) is 34.6 Å². The fourth-order valence-corrected chi connectivity index (χ4v) is 9.76. The first kappa shape index (κ1) is 31.4. The normalized spacial score (nSPS) is 29.7. The van der Waals surface area contributed by atoms with E-state index in [0.29, 0.717) is 6.42 Å². The minimum Gasteiger partial charge on any atom is -0.466 e. The van der Waals surface area contributed by atoms with Gasteiger partial charge in [-0.15, -0.1) is 18.3 Å². The summed E-state index contributed by atoms with van der Waals surface area (Å²) in [6.45, 7) is 18.0. The van der Waals surface area contributed by atoms with Crippen LogP contribution in [0.15, 0.2) is 36.9 Å². The van der Waals surface area contributed by atoms with Crippen molar-refractivity contribution >= 4 is 40.9 Å². The number of likely N-dealkylation sites (tertiary alicyclic amines) is 1.